The molecule has 0 bridgehead atoms. The van der Waals surface area contributed by atoms with E-state index in [0.717, 1.165) is 24.8 Å². The molecular formula is C28H36FNO4. The van der Waals surface area contributed by atoms with Gasteiger partial charge in [0.1, 0.15) is 23.6 Å². The van der Waals surface area contributed by atoms with Crippen LogP contribution in [-0.2, 0) is 27.1 Å². The number of nitrogens with one attached hydrogen (secondary N) is 1. The van der Waals surface area contributed by atoms with Crippen molar-refractivity contribution in [2.45, 2.75) is 77.5 Å². The van der Waals surface area contributed by atoms with Crippen LogP contribution < -0.4 is 5.32 Å². The summed E-state index contributed by atoms with van der Waals surface area (Å²) >= 11 is 0. The SMILES string of the molecule is C[C@@H]1OC(=O)[C@@H](NC(=O)OC(C)(C)C)CCC[C@H](Cc2ccccc2)[C@H]1Cc1ccc(F)cc1. The molecule has 5 nitrogen and oxygen atoms in total. The molecule has 0 unspecified atom stereocenters. The van der Waals surface area contributed by atoms with Crippen LogP contribution >= 0.6 is 0 Å². The molecule has 0 spiro atoms. The Hall–Kier alpha value is -2.89. The molecule has 1 fully saturated rings. The molecule has 184 valence electrons. The first kappa shape index (κ1) is 25.7. The van der Waals surface area contributed by atoms with Crippen LogP contribution in [0.4, 0.5) is 9.18 Å². The summed E-state index contributed by atoms with van der Waals surface area (Å²) in [5.74, 6) is -0.400. The Balaban J connectivity index is 1.80. The molecule has 1 aliphatic heterocycles. The second-order valence-corrected chi connectivity index (χ2v) is 10.2. The third-order valence-electron chi connectivity index (χ3n) is 6.28. The number of rotatable bonds is 5. The second kappa shape index (κ2) is 11.5. The molecule has 3 rings (SSSR count). The Morgan fingerprint density at radius 1 is 1.03 bits per heavy atom. The first-order valence-electron chi connectivity index (χ1n) is 12.1. The molecule has 0 aromatic heterocycles. The van der Waals surface area contributed by atoms with E-state index >= 15 is 0 Å². The third kappa shape index (κ3) is 7.86. The van der Waals surface area contributed by atoms with Gasteiger partial charge < -0.3 is 14.8 Å². The Bertz CT molecular complexity index is 939. The molecule has 6 heteroatoms. The fourth-order valence-corrected chi connectivity index (χ4v) is 4.63. The number of carbonyl (C=O) groups is 2. The highest BCUT2D eigenvalue weighted by Crippen LogP contribution is 2.32. The minimum Gasteiger partial charge on any atom is -0.461 e. The number of cyclic esters (lactones) is 1. The van der Waals surface area contributed by atoms with Crippen LogP contribution in [0.3, 0.4) is 0 Å². The summed E-state index contributed by atoms with van der Waals surface area (Å²) in [6.45, 7) is 7.26. The van der Waals surface area contributed by atoms with Crippen molar-refractivity contribution >= 4 is 12.1 Å². The molecule has 1 saturated heterocycles. The highest BCUT2D eigenvalue weighted by atomic mass is 19.1. The van der Waals surface area contributed by atoms with Gasteiger partial charge in [0.25, 0.3) is 0 Å². The van der Waals surface area contributed by atoms with E-state index in [9.17, 15) is 14.0 Å². The molecule has 0 aliphatic carbocycles. The molecule has 1 heterocycles. The predicted octanol–water partition coefficient (Wildman–Crippen LogP) is 5.85. The van der Waals surface area contributed by atoms with E-state index in [4.69, 9.17) is 9.47 Å². The number of carbonyl (C=O) groups excluding carboxylic acids is 2. The van der Waals surface area contributed by atoms with E-state index < -0.39 is 23.7 Å². The van der Waals surface area contributed by atoms with E-state index in [1.165, 1.54) is 17.7 Å². The monoisotopic (exact) mass is 469 g/mol. The second-order valence-electron chi connectivity index (χ2n) is 10.2. The summed E-state index contributed by atoms with van der Waals surface area (Å²) in [6.07, 6.45) is 2.68. The lowest BCUT2D eigenvalue weighted by Gasteiger charge is -2.31. The normalized spacial score (nSPS) is 23.7. The van der Waals surface area contributed by atoms with Gasteiger partial charge in [0, 0.05) is 5.92 Å². The number of hydrogen-bond acceptors (Lipinski definition) is 4. The Morgan fingerprint density at radius 3 is 2.32 bits per heavy atom. The van der Waals surface area contributed by atoms with Gasteiger partial charge >= 0.3 is 12.1 Å². The lowest BCUT2D eigenvalue weighted by atomic mass is 9.77. The zero-order chi connectivity index (χ0) is 24.7. The van der Waals surface area contributed by atoms with E-state index in [1.54, 1.807) is 32.9 Å². The largest absolute Gasteiger partial charge is 0.461 e. The van der Waals surface area contributed by atoms with E-state index in [2.05, 4.69) is 17.4 Å². The standard InChI is InChI=1S/C28H36FNO4/c1-19-24(18-21-13-15-23(29)16-14-21)22(17-20-9-6-5-7-10-20)11-8-12-25(26(31)33-19)30-27(32)34-28(2,3)4/h5-7,9-10,13-16,19,22,24-25H,8,11-12,17-18H2,1-4H3,(H,30,32)/t19-,22+,24-,25-/m0/s1. The average molecular weight is 470 g/mol. The van der Waals surface area contributed by atoms with Gasteiger partial charge in [-0.15, -0.1) is 0 Å². The summed E-state index contributed by atoms with van der Waals surface area (Å²) in [5.41, 5.74) is 1.59. The molecule has 1 aliphatic rings. The van der Waals surface area contributed by atoms with Gasteiger partial charge in [0.15, 0.2) is 0 Å². The highest BCUT2D eigenvalue weighted by molar-refractivity contribution is 5.81. The number of hydrogen-bond donors (Lipinski definition) is 1. The third-order valence-corrected chi connectivity index (χ3v) is 6.28. The Labute approximate surface area is 202 Å². The molecule has 4 atom stereocenters. The van der Waals surface area contributed by atoms with Gasteiger partial charge in [-0.2, -0.15) is 0 Å². The fraction of sp³-hybridized carbons (Fsp3) is 0.500. The number of alkyl carbamates (subject to hydrolysis) is 1. The van der Waals surface area contributed by atoms with Gasteiger partial charge in [-0.3, -0.25) is 0 Å². The molecular weight excluding hydrogens is 433 g/mol. The Kier molecular flexibility index (Phi) is 8.70. The molecule has 0 radical (unpaired) electrons. The minimum absolute atomic E-state index is 0.0508. The van der Waals surface area contributed by atoms with Gasteiger partial charge in [0.05, 0.1) is 0 Å². The van der Waals surface area contributed by atoms with E-state index in [-0.39, 0.29) is 23.8 Å². The molecule has 2 aromatic carbocycles. The van der Waals surface area contributed by atoms with E-state index in [1.807, 2.05) is 25.1 Å². The summed E-state index contributed by atoms with van der Waals surface area (Å²) in [6, 6.07) is 16.1. The zero-order valence-corrected chi connectivity index (χ0v) is 20.6. The first-order chi connectivity index (χ1) is 16.1. The first-order valence-corrected chi connectivity index (χ1v) is 12.1. The number of halogens is 1. The van der Waals surface area contributed by atoms with Gasteiger partial charge in [-0.25, -0.2) is 14.0 Å². The lowest BCUT2D eigenvalue weighted by molar-refractivity contribution is -0.154. The van der Waals surface area contributed by atoms with Crippen LogP contribution in [0.1, 0.15) is 58.1 Å². The molecule has 34 heavy (non-hydrogen) atoms. The van der Waals surface area contributed by atoms with Crippen LogP contribution in [0.15, 0.2) is 54.6 Å². The number of amides is 1. The summed E-state index contributed by atoms with van der Waals surface area (Å²) in [4.78, 5) is 25.3. The average Bonchev–Trinajstić information content (AvgIpc) is 2.80. The van der Waals surface area contributed by atoms with Crippen molar-refractivity contribution in [1.82, 2.24) is 5.32 Å². The topological polar surface area (TPSA) is 64.6 Å². The van der Waals surface area contributed by atoms with Crippen LogP contribution in [-0.4, -0.2) is 29.8 Å². The molecule has 2 aromatic rings. The minimum atomic E-state index is -0.751. The fourth-order valence-electron chi connectivity index (χ4n) is 4.63. The zero-order valence-electron chi connectivity index (χ0n) is 20.6. The van der Waals surface area contributed by atoms with Crippen LogP contribution in [0.5, 0.6) is 0 Å². The lowest BCUT2D eigenvalue weighted by Crippen LogP contribution is -2.45. The van der Waals surface area contributed by atoms with Gasteiger partial charge in [-0.1, -0.05) is 48.9 Å². The molecule has 1 N–H and O–H groups in total. The maximum Gasteiger partial charge on any atom is 0.408 e. The molecule has 1 amide bonds. The van der Waals surface area contributed by atoms with Crippen molar-refractivity contribution in [1.29, 1.82) is 0 Å². The highest BCUT2D eigenvalue weighted by Gasteiger charge is 2.35. The summed E-state index contributed by atoms with van der Waals surface area (Å²) < 4.78 is 24.7. The maximum absolute atomic E-state index is 13.5. The molecule has 0 saturated carbocycles. The summed E-state index contributed by atoms with van der Waals surface area (Å²) in [7, 11) is 0. The quantitative estimate of drug-likeness (QED) is 0.558. The maximum atomic E-state index is 13.5. The van der Waals surface area contributed by atoms with Gasteiger partial charge in [0.2, 0.25) is 0 Å². The van der Waals surface area contributed by atoms with Crippen LogP contribution in [0.25, 0.3) is 0 Å². The number of esters is 1. The smallest absolute Gasteiger partial charge is 0.408 e. The van der Waals surface area contributed by atoms with Crippen molar-refractivity contribution in [2.24, 2.45) is 11.8 Å². The van der Waals surface area contributed by atoms with E-state index in [0.29, 0.717) is 12.8 Å². The predicted molar refractivity (Wildman–Crippen MR) is 130 cm³/mol. The summed E-state index contributed by atoms with van der Waals surface area (Å²) in [5, 5.41) is 2.70. The number of ether oxygens (including phenoxy) is 2. The van der Waals surface area contributed by atoms with Crippen molar-refractivity contribution in [3.05, 3.63) is 71.5 Å². The van der Waals surface area contributed by atoms with Crippen molar-refractivity contribution in [3.63, 3.8) is 0 Å². The van der Waals surface area contributed by atoms with Crippen LogP contribution in [0, 0.1) is 17.7 Å². The van der Waals surface area contributed by atoms with Crippen LogP contribution in [0.2, 0.25) is 0 Å². The Morgan fingerprint density at radius 2 is 1.68 bits per heavy atom. The number of benzene rings is 2. The van der Waals surface area contributed by atoms with Gasteiger partial charge in [-0.05, 0) is 82.6 Å². The van der Waals surface area contributed by atoms with Crippen molar-refractivity contribution in [3.8, 4) is 0 Å². The van der Waals surface area contributed by atoms with Crippen molar-refractivity contribution in [2.75, 3.05) is 0 Å². The van der Waals surface area contributed by atoms with Crippen molar-refractivity contribution < 1.29 is 23.5 Å².